The van der Waals surface area contributed by atoms with E-state index in [4.69, 9.17) is 0 Å². The van der Waals surface area contributed by atoms with Crippen LogP contribution in [0.25, 0.3) is 0 Å². The van der Waals surface area contributed by atoms with Gasteiger partial charge in [-0.2, -0.15) is 0 Å². The number of hydrogen-bond acceptors (Lipinski definition) is 4. The first-order chi connectivity index (χ1) is 11.6. The fourth-order valence-corrected chi connectivity index (χ4v) is 3.76. The molecule has 1 aromatic carbocycles. The predicted molar refractivity (Wildman–Crippen MR) is 95.9 cm³/mol. The molecular formula is C18H22N4OS. The Hall–Kier alpha value is -2.08. The number of nitrogens with zero attached hydrogens (tertiary/aromatic N) is 4. The number of allylic oxidation sites excluding steroid dienone is 1. The molecule has 1 aromatic heterocycles. The van der Waals surface area contributed by atoms with Gasteiger partial charge < -0.3 is 9.47 Å². The van der Waals surface area contributed by atoms with E-state index < -0.39 is 0 Å². The number of carbonyl (C=O) groups excluding carboxylic acids is 1. The van der Waals surface area contributed by atoms with Gasteiger partial charge in [0.25, 0.3) is 0 Å². The van der Waals surface area contributed by atoms with Crippen molar-refractivity contribution < 1.29 is 4.79 Å². The number of hydrogen-bond donors (Lipinski definition) is 0. The van der Waals surface area contributed by atoms with Crippen molar-refractivity contribution in [2.75, 3.05) is 14.1 Å². The van der Waals surface area contributed by atoms with Crippen LogP contribution in [0.1, 0.15) is 35.4 Å². The van der Waals surface area contributed by atoms with Gasteiger partial charge in [0.05, 0.1) is 0 Å². The third-order valence-corrected chi connectivity index (χ3v) is 5.21. The van der Waals surface area contributed by atoms with Crippen molar-refractivity contribution >= 4 is 17.7 Å². The van der Waals surface area contributed by atoms with Gasteiger partial charge in [0.2, 0.25) is 5.91 Å². The van der Waals surface area contributed by atoms with Gasteiger partial charge in [0.15, 0.2) is 5.16 Å². The first-order valence-corrected chi connectivity index (χ1v) is 8.96. The van der Waals surface area contributed by atoms with Crippen molar-refractivity contribution in [2.45, 2.75) is 35.7 Å². The average Bonchev–Trinajstić information content (AvgIpc) is 3.36. The van der Waals surface area contributed by atoms with Crippen LogP contribution in [0.4, 0.5) is 0 Å². The summed E-state index contributed by atoms with van der Waals surface area (Å²) in [6, 6.07) is 9.83. The number of benzene rings is 1. The summed E-state index contributed by atoms with van der Waals surface area (Å²) in [7, 11) is 3.56. The van der Waals surface area contributed by atoms with Crippen LogP contribution in [-0.2, 0) is 11.3 Å². The number of rotatable bonds is 7. The number of amides is 1. The molecule has 1 aliphatic rings. The number of aromatic nitrogens is 3. The Morgan fingerprint density at radius 2 is 2.08 bits per heavy atom. The standard InChI is InChI=1S/C18H22N4OS/c1-4-12-22-16(14-10-11-14)19-20-18(22)24-15(17(23)21(2)3)13-8-6-5-7-9-13/h4-9,14-15H,1,10-12H2,2-3H3. The zero-order valence-corrected chi connectivity index (χ0v) is 14.9. The number of likely N-dealkylation sites (N-methyl/N-ethyl adjacent to an activating group) is 1. The average molecular weight is 342 g/mol. The molecule has 1 heterocycles. The van der Waals surface area contributed by atoms with Crippen molar-refractivity contribution in [3.05, 3.63) is 54.4 Å². The molecule has 0 spiro atoms. The van der Waals surface area contributed by atoms with Gasteiger partial charge in [-0.25, -0.2) is 0 Å². The number of carbonyl (C=O) groups is 1. The monoisotopic (exact) mass is 342 g/mol. The van der Waals surface area contributed by atoms with E-state index in [1.165, 1.54) is 24.6 Å². The highest BCUT2D eigenvalue weighted by Gasteiger charge is 2.32. The Bertz CT molecular complexity index is 722. The molecule has 6 heteroatoms. The lowest BCUT2D eigenvalue weighted by Gasteiger charge is -2.20. The zero-order chi connectivity index (χ0) is 17.1. The Morgan fingerprint density at radius 1 is 1.38 bits per heavy atom. The van der Waals surface area contributed by atoms with E-state index >= 15 is 0 Å². The highest BCUT2D eigenvalue weighted by Crippen LogP contribution is 2.42. The summed E-state index contributed by atoms with van der Waals surface area (Å²) < 4.78 is 2.09. The van der Waals surface area contributed by atoms with Gasteiger partial charge in [0, 0.05) is 26.6 Å². The van der Waals surface area contributed by atoms with Gasteiger partial charge in [-0.05, 0) is 18.4 Å². The molecule has 1 aliphatic carbocycles. The van der Waals surface area contributed by atoms with Crippen molar-refractivity contribution in [3.63, 3.8) is 0 Å². The summed E-state index contributed by atoms with van der Waals surface area (Å²) in [6.45, 7) is 4.50. The molecule has 0 radical (unpaired) electrons. The first kappa shape index (κ1) is 16.8. The molecule has 3 rings (SSSR count). The van der Waals surface area contributed by atoms with Crippen LogP contribution in [0.3, 0.4) is 0 Å². The van der Waals surface area contributed by atoms with Crippen molar-refractivity contribution in [3.8, 4) is 0 Å². The van der Waals surface area contributed by atoms with Crippen molar-refractivity contribution in [1.82, 2.24) is 19.7 Å². The molecule has 24 heavy (non-hydrogen) atoms. The van der Waals surface area contributed by atoms with E-state index in [0.29, 0.717) is 12.5 Å². The summed E-state index contributed by atoms with van der Waals surface area (Å²) in [5.41, 5.74) is 0.974. The molecule has 2 aromatic rings. The second-order valence-corrected chi connectivity index (χ2v) is 7.23. The third-order valence-electron chi connectivity index (χ3n) is 3.99. The largest absolute Gasteiger partial charge is 0.348 e. The van der Waals surface area contributed by atoms with E-state index in [1.807, 2.05) is 36.4 Å². The molecule has 1 amide bonds. The molecule has 0 aliphatic heterocycles. The summed E-state index contributed by atoms with van der Waals surface area (Å²) in [6.07, 6.45) is 4.18. The molecule has 0 saturated heterocycles. The quantitative estimate of drug-likeness (QED) is 0.572. The normalized spacial score (nSPS) is 15.1. The van der Waals surface area contributed by atoms with Crippen LogP contribution in [0.5, 0.6) is 0 Å². The fourth-order valence-electron chi connectivity index (χ4n) is 2.56. The fraction of sp³-hybridized carbons (Fsp3) is 0.389. The molecule has 0 bridgehead atoms. The van der Waals surface area contributed by atoms with Crippen LogP contribution in [0.2, 0.25) is 0 Å². The molecule has 1 atom stereocenters. The van der Waals surface area contributed by atoms with Gasteiger partial charge in [-0.3, -0.25) is 4.79 Å². The molecule has 1 saturated carbocycles. The molecule has 126 valence electrons. The van der Waals surface area contributed by atoms with Gasteiger partial charge >= 0.3 is 0 Å². The van der Waals surface area contributed by atoms with E-state index in [1.54, 1.807) is 19.0 Å². The van der Waals surface area contributed by atoms with Crippen molar-refractivity contribution in [2.24, 2.45) is 0 Å². The molecule has 1 unspecified atom stereocenters. The SMILES string of the molecule is C=CCn1c(SC(C(=O)N(C)C)c2ccccc2)nnc1C1CC1. The Labute approximate surface area is 146 Å². The van der Waals surface area contributed by atoms with Gasteiger partial charge in [-0.1, -0.05) is 48.2 Å². The maximum Gasteiger partial charge on any atom is 0.240 e. The Balaban J connectivity index is 1.93. The topological polar surface area (TPSA) is 51.0 Å². The minimum absolute atomic E-state index is 0.0484. The molecule has 0 N–H and O–H groups in total. The maximum absolute atomic E-state index is 12.7. The molecular weight excluding hydrogens is 320 g/mol. The Morgan fingerprint density at radius 3 is 2.67 bits per heavy atom. The zero-order valence-electron chi connectivity index (χ0n) is 14.1. The maximum atomic E-state index is 12.7. The summed E-state index contributed by atoms with van der Waals surface area (Å²) >= 11 is 1.46. The van der Waals surface area contributed by atoms with Crippen LogP contribution in [0, 0.1) is 0 Å². The van der Waals surface area contributed by atoms with Crippen LogP contribution >= 0.6 is 11.8 Å². The Kier molecular flexibility index (Phi) is 5.04. The van der Waals surface area contributed by atoms with E-state index in [9.17, 15) is 4.79 Å². The second kappa shape index (κ2) is 7.21. The summed E-state index contributed by atoms with van der Waals surface area (Å²) in [5, 5.41) is 9.17. The van der Waals surface area contributed by atoms with E-state index in [2.05, 4.69) is 21.3 Å². The third kappa shape index (κ3) is 3.53. The van der Waals surface area contributed by atoms with E-state index in [-0.39, 0.29) is 11.2 Å². The number of thioether (sulfide) groups is 1. The summed E-state index contributed by atoms with van der Waals surface area (Å²) in [5.74, 6) is 1.57. The van der Waals surface area contributed by atoms with Crippen LogP contribution in [0.15, 0.2) is 48.1 Å². The summed E-state index contributed by atoms with van der Waals surface area (Å²) in [4.78, 5) is 14.3. The lowest BCUT2D eigenvalue weighted by molar-refractivity contribution is -0.128. The van der Waals surface area contributed by atoms with Gasteiger partial charge in [-0.15, -0.1) is 16.8 Å². The van der Waals surface area contributed by atoms with E-state index in [0.717, 1.165) is 16.5 Å². The predicted octanol–water partition coefficient (Wildman–Crippen LogP) is 3.26. The van der Waals surface area contributed by atoms with Crippen LogP contribution < -0.4 is 0 Å². The molecule has 5 nitrogen and oxygen atoms in total. The van der Waals surface area contributed by atoms with Crippen LogP contribution in [-0.4, -0.2) is 39.7 Å². The van der Waals surface area contributed by atoms with Crippen molar-refractivity contribution in [1.29, 1.82) is 0 Å². The smallest absolute Gasteiger partial charge is 0.240 e. The lowest BCUT2D eigenvalue weighted by atomic mass is 10.1. The lowest BCUT2D eigenvalue weighted by Crippen LogP contribution is -2.27. The minimum atomic E-state index is -0.332. The van der Waals surface area contributed by atoms with Gasteiger partial charge in [0.1, 0.15) is 11.1 Å². The highest BCUT2D eigenvalue weighted by molar-refractivity contribution is 8.00. The first-order valence-electron chi connectivity index (χ1n) is 8.08. The second-order valence-electron chi connectivity index (χ2n) is 6.16. The minimum Gasteiger partial charge on any atom is -0.348 e. The molecule has 1 fully saturated rings. The highest BCUT2D eigenvalue weighted by atomic mass is 32.2.